The van der Waals surface area contributed by atoms with Crippen molar-refractivity contribution in [3.8, 4) is 11.3 Å². The quantitative estimate of drug-likeness (QED) is 0.376. The Morgan fingerprint density at radius 1 is 0.704 bits per heavy atom. The molecule has 0 saturated carbocycles. The number of rotatable bonds is 2. The first-order valence-corrected chi connectivity index (χ1v) is 9.56. The van der Waals surface area contributed by atoms with Crippen LogP contribution >= 0.6 is 0 Å². The van der Waals surface area contributed by atoms with Gasteiger partial charge in [-0.3, -0.25) is 9.97 Å². The molecule has 2 nitrogen and oxygen atoms in total. The number of nitrogens with zero attached hydrogens (tertiary/aromatic N) is 2. The van der Waals surface area contributed by atoms with E-state index in [-0.39, 0.29) is 5.41 Å². The van der Waals surface area contributed by atoms with E-state index in [1.54, 1.807) is 0 Å². The second kappa shape index (κ2) is 6.45. The molecular weight excluding hydrogens is 328 g/mol. The summed E-state index contributed by atoms with van der Waals surface area (Å²) in [4.78, 5) is 9.42. The summed E-state index contributed by atoms with van der Waals surface area (Å²) in [5, 5.41) is 4.95. The van der Waals surface area contributed by atoms with Crippen molar-refractivity contribution >= 4 is 21.5 Å². The second-order valence-electron chi connectivity index (χ2n) is 8.79. The van der Waals surface area contributed by atoms with Crippen molar-refractivity contribution in [2.24, 2.45) is 5.41 Å². The minimum Gasteiger partial charge on any atom is -0.261 e. The summed E-state index contributed by atoms with van der Waals surface area (Å²) in [6.45, 7) is 11.1. The number of hydrogen-bond donors (Lipinski definition) is 0. The molecule has 4 aromatic rings. The molecule has 0 N–H and O–H groups in total. The summed E-state index contributed by atoms with van der Waals surface area (Å²) in [5.74, 6) is 0. The van der Waals surface area contributed by atoms with Gasteiger partial charge in [0.2, 0.25) is 0 Å². The van der Waals surface area contributed by atoms with Crippen LogP contribution in [0.25, 0.3) is 32.8 Å². The lowest BCUT2D eigenvalue weighted by atomic mass is 9.88. The fraction of sp³-hybridized carbons (Fsp3) is 0.280. The molecule has 0 aliphatic heterocycles. The summed E-state index contributed by atoms with van der Waals surface area (Å²) < 4.78 is 0. The molecular formula is C25H26N2. The minimum absolute atomic E-state index is 0.207. The maximum absolute atomic E-state index is 4.73. The van der Waals surface area contributed by atoms with Crippen LogP contribution in [0.1, 0.15) is 37.6 Å². The van der Waals surface area contributed by atoms with Crippen LogP contribution in [0.4, 0.5) is 0 Å². The minimum atomic E-state index is 0.207. The normalized spacial score (nSPS) is 12.0. The van der Waals surface area contributed by atoms with Crippen LogP contribution in [-0.4, -0.2) is 9.97 Å². The van der Waals surface area contributed by atoms with E-state index in [1.807, 2.05) is 12.4 Å². The van der Waals surface area contributed by atoms with Crippen LogP contribution in [0.15, 0.2) is 54.9 Å². The van der Waals surface area contributed by atoms with Gasteiger partial charge in [0.15, 0.2) is 0 Å². The molecule has 0 radical (unpaired) electrons. The first-order chi connectivity index (χ1) is 12.8. The van der Waals surface area contributed by atoms with Gasteiger partial charge >= 0.3 is 0 Å². The molecule has 2 aromatic heterocycles. The Balaban J connectivity index is 1.98. The highest BCUT2D eigenvalue weighted by molar-refractivity contribution is 6.11. The van der Waals surface area contributed by atoms with Crippen LogP contribution in [-0.2, 0) is 6.42 Å². The molecule has 0 aliphatic rings. The molecule has 0 atom stereocenters. The molecule has 0 bridgehead atoms. The van der Waals surface area contributed by atoms with Crippen molar-refractivity contribution in [2.75, 3.05) is 0 Å². The Hall–Kier alpha value is -2.74. The third kappa shape index (κ3) is 3.44. The van der Waals surface area contributed by atoms with Crippen LogP contribution in [0.2, 0.25) is 0 Å². The van der Waals surface area contributed by atoms with E-state index in [0.717, 1.165) is 12.1 Å². The molecule has 0 spiro atoms. The topological polar surface area (TPSA) is 25.8 Å². The average Bonchev–Trinajstić information content (AvgIpc) is 2.59. The van der Waals surface area contributed by atoms with Crippen molar-refractivity contribution in [2.45, 2.75) is 41.0 Å². The molecule has 0 aliphatic carbocycles. The third-order valence-corrected chi connectivity index (χ3v) is 4.96. The van der Waals surface area contributed by atoms with Gasteiger partial charge in [-0.15, -0.1) is 0 Å². The summed E-state index contributed by atoms with van der Waals surface area (Å²) >= 11 is 0. The highest BCUT2D eigenvalue weighted by Crippen LogP contribution is 2.34. The van der Waals surface area contributed by atoms with E-state index in [9.17, 15) is 0 Å². The van der Waals surface area contributed by atoms with Gasteiger partial charge in [0, 0.05) is 34.4 Å². The maximum Gasteiger partial charge on any atom is 0.0780 e. The largest absolute Gasteiger partial charge is 0.261 e. The van der Waals surface area contributed by atoms with Gasteiger partial charge in [-0.05, 0) is 60.7 Å². The van der Waals surface area contributed by atoms with Crippen molar-refractivity contribution in [3.05, 3.63) is 71.7 Å². The fourth-order valence-corrected chi connectivity index (χ4v) is 3.97. The smallest absolute Gasteiger partial charge is 0.0780 e. The average molecular weight is 354 g/mol. The summed E-state index contributed by atoms with van der Waals surface area (Å²) in [6.07, 6.45) is 4.84. The van der Waals surface area contributed by atoms with Crippen molar-refractivity contribution in [1.82, 2.24) is 9.97 Å². The van der Waals surface area contributed by atoms with Gasteiger partial charge in [0.1, 0.15) is 0 Å². The molecule has 4 rings (SSSR count). The SMILES string of the molecule is Cc1cc(C)cc(-c2nccc3c2ccc2c(CC(C)(C)C)nccc23)c1. The fourth-order valence-electron chi connectivity index (χ4n) is 3.97. The summed E-state index contributed by atoms with van der Waals surface area (Å²) in [6, 6.07) is 15.3. The number of pyridine rings is 2. The molecule has 0 saturated heterocycles. The van der Waals surface area contributed by atoms with Crippen molar-refractivity contribution in [1.29, 1.82) is 0 Å². The van der Waals surface area contributed by atoms with E-state index < -0.39 is 0 Å². The third-order valence-electron chi connectivity index (χ3n) is 4.96. The Morgan fingerprint density at radius 3 is 1.96 bits per heavy atom. The zero-order chi connectivity index (χ0) is 19.2. The first kappa shape index (κ1) is 17.7. The van der Waals surface area contributed by atoms with Gasteiger partial charge in [-0.25, -0.2) is 0 Å². The zero-order valence-corrected chi connectivity index (χ0v) is 16.8. The highest BCUT2D eigenvalue weighted by Gasteiger charge is 2.16. The van der Waals surface area contributed by atoms with E-state index in [1.165, 1.54) is 43.9 Å². The maximum atomic E-state index is 4.73. The Morgan fingerprint density at radius 2 is 1.30 bits per heavy atom. The number of fused-ring (bicyclic) bond motifs is 3. The van der Waals surface area contributed by atoms with Crippen molar-refractivity contribution < 1.29 is 0 Å². The predicted molar refractivity (Wildman–Crippen MR) is 115 cm³/mol. The summed E-state index contributed by atoms with van der Waals surface area (Å²) in [7, 11) is 0. The van der Waals surface area contributed by atoms with Crippen molar-refractivity contribution in [3.63, 3.8) is 0 Å². The van der Waals surface area contributed by atoms with E-state index >= 15 is 0 Å². The van der Waals surface area contributed by atoms with Gasteiger partial charge < -0.3 is 0 Å². The summed E-state index contributed by atoms with van der Waals surface area (Å²) in [5.41, 5.74) is 6.14. The molecule has 136 valence electrons. The monoisotopic (exact) mass is 354 g/mol. The van der Waals surface area contributed by atoms with Crippen LogP contribution < -0.4 is 0 Å². The lowest BCUT2D eigenvalue weighted by Gasteiger charge is -2.19. The van der Waals surface area contributed by atoms with Crippen LogP contribution in [0.5, 0.6) is 0 Å². The van der Waals surface area contributed by atoms with E-state index in [4.69, 9.17) is 4.98 Å². The molecule has 27 heavy (non-hydrogen) atoms. The lowest BCUT2D eigenvalue weighted by molar-refractivity contribution is 0.408. The molecule has 2 heteroatoms. The molecule has 2 heterocycles. The second-order valence-corrected chi connectivity index (χ2v) is 8.79. The Labute approximate surface area is 161 Å². The molecule has 0 fully saturated rings. The Kier molecular flexibility index (Phi) is 4.22. The lowest BCUT2D eigenvalue weighted by Crippen LogP contribution is -2.10. The Bertz CT molecular complexity index is 1130. The number of benzene rings is 2. The first-order valence-electron chi connectivity index (χ1n) is 9.56. The standard InChI is InChI=1S/C25H26N2/c1-16-12-17(2)14-18(13-16)24-22-7-6-21-19(20(22)9-11-27-24)8-10-26-23(21)15-25(3,4)5/h6-14H,15H2,1-5H3. The van der Waals surface area contributed by atoms with E-state index in [2.05, 4.69) is 82.1 Å². The van der Waals surface area contributed by atoms with Gasteiger partial charge in [0.25, 0.3) is 0 Å². The van der Waals surface area contributed by atoms with Gasteiger partial charge in [0.05, 0.1) is 5.69 Å². The van der Waals surface area contributed by atoms with Gasteiger partial charge in [-0.2, -0.15) is 0 Å². The zero-order valence-electron chi connectivity index (χ0n) is 16.8. The molecule has 0 amide bonds. The van der Waals surface area contributed by atoms with E-state index in [0.29, 0.717) is 0 Å². The predicted octanol–water partition coefficient (Wildman–Crippen LogP) is 6.66. The van der Waals surface area contributed by atoms with Crippen LogP contribution in [0, 0.1) is 19.3 Å². The number of aryl methyl sites for hydroxylation is 2. The number of aromatic nitrogens is 2. The molecule has 2 aromatic carbocycles. The van der Waals surface area contributed by atoms with Gasteiger partial charge in [-0.1, -0.05) is 50.1 Å². The highest BCUT2D eigenvalue weighted by atomic mass is 14.7. The number of hydrogen-bond acceptors (Lipinski definition) is 2. The molecule has 0 unspecified atom stereocenters. The van der Waals surface area contributed by atoms with Crippen LogP contribution in [0.3, 0.4) is 0 Å².